The predicted molar refractivity (Wildman–Crippen MR) is 69.0 cm³/mol. The first-order valence-electron chi connectivity index (χ1n) is 6.29. The fourth-order valence-corrected chi connectivity index (χ4v) is 2.08. The van der Waals surface area contributed by atoms with Gasteiger partial charge in [-0.25, -0.2) is 0 Å². The highest BCUT2D eigenvalue weighted by Gasteiger charge is 2.22. The van der Waals surface area contributed by atoms with Gasteiger partial charge in [-0.2, -0.15) is 0 Å². The summed E-state index contributed by atoms with van der Waals surface area (Å²) < 4.78 is 5.29. The molecule has 0 aromatic heterocycles. The van der Waals surface area contributed by atoms with Crippen LogP contribution in [0, 0.1) is 5.92 Å². The molecule has 1 aliphatic rings. The largest absolute Gasteiger partial charge is 0.381 e. The van der Waals surface area contributed by atoms with Gasteiger partial charge in [0.25, 0.3) is 0 Å². The van der Waals surface area contributed by atoms with Crippen molar-refractivity contribution in [3.05, 3.63) is 12.7 Å². The second-order valence-electron chi connectivity index (χ2n) is 4.70. The Kier molecular flexibility index (Phi) is 5.85. The summed E-state index contributed by atoms with van der Waals surface area (Å²) >= 11 is 0. The van der Waals surface area contributed by atoms with E-state index in [1.165, 1.54) is 11.0 Å². The predicted octanol–water partition coefficient (Wildman–Crippen LogP) is 0.562. The number of hydrogen-bond acceptors (Lipinski definition) is 3. The van der Waals surface area contributed by atoms with Crippen LogP contribution in [-0.4, -0.2) is 49.6 Å². The van der Waals surface area contributed by atoms with E-state index in [0.29, 0.717) is 5.92 Å². The quantitative estimate of drug-likeness (QED) is 0.729. The fourth-order valence-electron chi connectivity index (χ4n) is 2.08. The summed E-state index contributed by atoms with van der Waals surface area (Å²) in [5.74, 6) is 0.0821. The van der Waals surface area contributed by atoms with E-state index in [9.17, 15) is 9.59 Å². The summed E-state index contributed by atoms with van der Waals surface area (Å²) in [4.78, 5) is 24.3. The maximum absolute atomic E-state index is 11.8. The molecule has 1 atom stereocenters. The number of nitrogens with zero attached hydrogens (tertiary/aromatic N) is 1. The number of carbonyl (C=O) groups is 2. The number of amides is 2. The van der Waals surface area contributed by atoms with Gasteiger partial charge in [-0.15, -0.1) is 0 Å². The molecule has 1 saturated heterocycles. The first-order chi connectivity index (χ1) is 8.54. The topological polar surface area (TPSA) is 58.6 Å². The van der Waals surface area contributed by atoms with Crippen molar-refractivity contribution in [2.45, 2.75) is 25.8 Å². The number of carbonyl (C=O) groups excluding carboxylic acids is 2. The molecule has 1 heterocycles. The van der Waals surface area contributed by atoms with E-state index in [0.717, 1.165) is 26.1 Å². The Hall–Kier alpha value is -1.36. The Morgan fingerprint density at radius 1 is 1.50 bits per heavy atom. The van der Waals surface area contributed by atoms with E-state index in [1.54, 1.807) is 7.05 Å². The van der Waals surface area contributed by atoms with Gasteiger partial charge in [0.1, 0.15) is 0 Å². The molecule has 0 aromatic carbocycles. The highest BCUT2D eigenvalue weighted by molar-refractivity contribution is 5.90. The van der Waals surface area contributed by atoms with E-state index in [1.807, 2.05) is 6.92 Å². The number of hydrogen-bond donors (Lipinski definition) is 1. The third kappa shape index (κ3) is 4.49. The maximum Gasteiger partial charge on any atom is 0.246 e. The van der Waals surface area contributed by atoms with Gasteiger partial charge in [-0.1, -0.05) is 6.58 Å². The summed E-state index contributed by atoms with van der Waals surface area (Å²) in [6.45, 7) is 6.98. The summed E-state index contributed by atoms with van der Waals surface area (Å²) in [5.41, 5.74) is 0. The van der Waals surface area contributed by atoms with Crippen molar-refractivity contribution in [3.8, 4) is 0 Å². The van der Waals surface area contributed by atoms with Crippen LogP contribution in [0.4, 0.5) is 0 Å². The average Bonchev–Trinajstić information content (AvgIpc) is 2.38. The Morgan fingerprint density at radius 2 is 2.11 bits per heavy atom. The van der Waals surface area contributed by atoms with E-state index in [-0.39, 0.29) is 24.4 Å². The molecule has 0 spiro atoms. The lowest BCUT2D eigenvalue weighted by atomic mass is 9.93. The van der Waals surface area contributed by atoms with Crippen LogP contribution < -0.4 is 5.32 Å². The van der Waals surface area contributed by atoms with Crippen molar-refractivity contribution < 1.29 is 14.3 Å². The minimum atomic E-state index is -0.246. The lowest BCUT2D eigenvalue weighted by molar-refractivity contribution is -0.131. The Labute approximate surface area is 108 Å². The van der Waals surface area contributed by atoms with Crippen LogP contribution in [0.2, 0.25) is 0 Å². The van der Waals surface area contributed by atoms with Crippen LogP contribution in [-0.2, 0) is 14.3 Å². The van der Waals surface area contributed by atoms with Crippen molar-refractivity contribution in [1.29, 1.82) is 0 Å². The van der Waals surface area contributed by atoms with Gasteiger partial charge in [0.05, 0.1) is 6.54 Å². The van der Waals surface area contributed by atoms with Gasteiger partial charge in [0.15, 0.2) is 0 Å². The molecule has 1 rings (SSSR count). The number of rotatable bonds is 5. The molecule has 1 aliphatic heterocycles. The Balaban J connectivity index is 2.34. The molecular weight excluding hydrogens is 232 g/mol. The van der Waals surface area contributed by atoms with Gasteiger partial charge >= 0.3 is 0 Å². The molecule has 0 bridgehead atoms. The lowest BCUT2D eigenvalue weighted by Crippen LogP contribution is -2.45. The zero-order valence-corrected chi connectivity index (χ0v) is 11.1. The number of ether oxygens (including phenoxy) is 1. The summed E-state index contributed by atoms with van der Waals surface area (Å²) in [6, 6.07) is 0.119. The Bertz CT molecular complexity index is 311. The molecule has 5 nitrogen and oxygen atoms in total. The van der Waals surface area contributed by atoms with E-state index in [4.69, 9.17) is 4.74 Å². The molecule has 1 N–H and O–H groups in total. The highest BCUT2D eigenvalue weighted by Crippen LogP contribution is 2.18. The van der Waals surface area contributed by atoms with E-state index < -0.39 is 0 Å². The fraction of sp³-hybridized carbons (Fsp3) is 0.692. The third-order valence-electron chi connectivity index (χ3n) is 3.29. The van der Waals surface area contributed by atoms with Crippen molar-refractivity contribution >= 4 is 11.8 Å². The second-order valence-corrected chi connectivity index (χ2v) is 4.70. The minimum Gasteiger partial charge on any atom is -0.381 e. The molecule has 5 heteroatoms. The van der Waals surface area contributed by atoms with Crippen LogP contribution in [0.1, 0.15) is 19.8 Å². The first-order valence-corrected chi connectivity index (χ1v) is 6.29. The van der Waals surface area contributed by atoms with Crippen LogP contribution >= 0.6 is 0 Å². The van der Waals surface area contributed by atoms with Gasteiger partial charge in [0, 0.05) is 26.3 Å². The van der Waals surface area contributed by atoms with Crippen LogP contribution in [0.15, 0.2) is 12.7 Å². The average molecular weight is 254 g/mol. The van der Waals surface area contributed by atoms with Gasteiger partial charge < -0.3 is 15.0 Å². The maximum atomic E-state index is 11.8. The standard InChI is InChI=1S/C13H22N2O3/c1-4-13(17)15(3)9-12(16)14-10(2)11-5-7-18-8-6-11/h4,10-11H,1,5-9H2,2-3H3,(H,14,16). The minimum absolute atomic E-state index is 0.0679. The number of nitrogens with one attached hydrogen (secondary N) is 1. The summed E-state index contributed by atoms with van der Waals surface area (Å²) in [6.07, 6.45) is 3.15. The molecule has 0 saturated carbocycles. The van der Waals surface area contributed by atoms with Gasteiger partial charge in [-0.3, -0.25) is 9.59 Å². The monoisotopic (exact) mass is 254 g/mol. The van der Waals surface area contributed by atoms with Crippen molar-refractivity contribution in [2.75, 3.05) is 26.8 Å². The SMILES string of the molecule is C=CC(=O)N(C)CC(=O)NC(C)C1CCOCC1. The van der Waals surface area contributed by atoms with E-state index >= 15 is 0 Å². The summed E-state index contributed by atoms with van der Waals surface area (Å²) in [7, 11) is 1.59. The molecule has 18 heavy (non-hydrogen) atoms. The third-order valence-corrected chi connectivity index (χ3v) is 3.29. The molecule has 1 fully saturated rings. The van der Waals surface area contributed by atoms with Crippen molar-refractivity contribution in [3.63, 3.8) is 0 Å². The van der Waals surface area contributed by atoms with Crippen molar-refractivity contribution in [2.24, 2.45) is 5.92 Å². The Morgan fingerprint density at radius 3 is 2.67 bits per heavy atom. The van der Waals surface area contributed by atoms with Crippen LogP contribution in [0.3, 0.4) is 0 Å². The molecule has 0 radical (unpaired) electrons. The molecular formula is C13H22N2O3. The molecule has 0 aromatic rings. The highest BCUT2D eigenvalue weighted by atomic mass is 16.5. The molecule has 1 unspecified atom stereocenters. The molecule has 2 amide bonds. The number of likely N-dealkylation sites (N-methyl/N-ethyl adjacent to an activating group) is 1. The normalized spacial score (nSPS) is 17.9. The van der Waals surface area contributed by atoms with Crippen molar-refractivity contribution in [1.82, 2.24) is 10.2 Å². The smallest absolute Gasteiger partial charge is 0.246 e. The molecule has 0 aliphatic carbocycles. The zero-order valence-electron chi connectivity index (χ0n) is 11.1. The second kappa shape index (κ2) is 7.16. The van der Waals surface area contributed by atoms with Gasteiger partial charge in [0.2, 0.25) is 11.8 Å². The summed E-state index contributed by atoms with van der Waals surface area (Å²) in [5, 5.41) is 2.94. The van der Waals surface area contributed by atoms with E-state index in [2.05, 4.69) is 11.9 Å². The van der Waals surface area contributed by atoms with Crippen LogP contribution in [0.25, 0.3) is 0 Å². The van der Waals surface area contributed by atoms with Crippen LogP contribution in [0.5, 0.6) is 0 Å². The molecule has 102 valence electrons. The lowest BCUT2D eigenvalue weighted by Gasteiger charge is -2.28. The first kappa shape index (κ1) is 14.7. The zero-order chi connectivity index (χ0) is 13.5. The van der Waals surface area contributed by atoms with Gasteiger partial charge in [-0.05, 0) is 31.8 Å².